The molecule has 0 aromatic heterocycles. The molecule has 9 nitrogen and oxygen atoms in total. The van der Waals surface area contributed by atoms with E-state index >= 15 is 0 Å². The minimum absolute atomic E-state index is 0.0388. The van der Waals surface area contributed by atoms with E-state index in [0.29, 0.717) is 0 Å². The van der Waals surface area contributed by atoms with E-state index in [2.05, 4.69) is 0 Å². The zero-order valence-corrected chi connectivity index (χ0v) is 13.6. The monoisotopic (exact) mass is 383 g/mol. The molecule has 0 saturated heterocycles. The first-order chi connectivity index (χ1) is 11.7. The summed E-state index contributed by atoms with van der Waals surface area (Å²) >= 11 is 11.4. The van der Waals surface area contributed by atoms with Crippen LogP contribution < -0.4 is 5.32 Å². The Morgan fingerprint density at radius 1 is 0.800 bits per heavy atom. The molecule has 0 spiro atoms. The molecule has 0 bridgehead atoms. The zero-order valence-electron chi connectivity index (χ0n) is 12.1. The fraction of sp³-hybridized carbons (Fsp3) is 0. The molecule has 0 aliphatic carbocycles. The first-order valence-corrected chi connectivity index (χ1v) is 7.20. The summed E-state index contributed by atoms with van der Waals surface area (Å²) in [5, 5.41) is 23.9. The van der Waals surface area contributed by atoms with Gasteiger partial charge in [0.05, 0.1) is 9.85 Å². The predicted molar refractivity (Wildman–Crippen MR) is 88.0 cm³/mol. The smallest absolute Gasteiger partial charge is 0.282 e. The van der Waals surface area contributed by atoms with Crippen LogP contribution in [0.15, 0.2) is 36.4 Å². The number of hydrogen-bond donors (Lipinski definition) is 1. The molecule has 2 aromatic rings. The number of nitro groups is 2. The Morgan fingerprint density at radius 3 is 1.48 bits per heavy atom. The zero-order chi connectivity index (χ0) is 18.7. The molecule has 2 amide bonds. The second-order valence-corrected chi connectivity index (χ2v) is 5.49. The van der Waals surface area contributed by atoms with Crippen LogP contribution in [-0.4, -0.2) is 21.7 Å². The van der Waals surface area contributed by atoms with Crippen LogP contribution in [0.3, 0.4) is 0 Å². The van der Waals surface area contributed by atoms with Crippen LogP contribution in [0, 0.1) is 20.2 Å². The van der Waals surface area contributed by atoms with Crippen molar-refractivity contribution in [2.24, 2.45) is 0 Å². The lowest BCUT2D eigenvalue weighted by Crippen LogP contribution is -2.31. The van der Waals surface area contributed by atoms with Crippen LogP contribution in [-0.2, 0) is 0 Å². The molecule has 0 radical (unpaired) electrons. The minimum atomic E-state index is -1.13. The number of imide groups is 1. The van der Waals surface area contributed by atoms with Crippen molar-refractivity contribution in [1.82, 2.24) is 5.32 Å². The quantitative estimate of drug-likeness (QED) is 0.488. The Hall–Kier alpha value is -3.04. The minimum Gasteiger partial charge on any atom is -0.288 e. The molecule has 11 heteroatoms. The highest BCUT2D eigenvalue weighted by Crippen LogP contribution is 2.25. The molecule has 0 unspecified atom stereocenters. The summed E-state index contributed by atoms with van der Waals surface area (Å²) < 4.78 is 0. The number of nitrogens with zero attached hydrogens (tertiary/aromatic N) is 2. The van der Waals surface area contributed by atoms with Gasteiger partial charge in [0.1, 0.15) is 11.1 Å². The van der Waals surface area contributed by atoms with Crippen LogP contribution >= 0.6 is 23.2 Å². The van der Waals surface area contributed by atoms with Crippen LogP contribution in [0.1, 0.15) is 20.7 Å². The summed E-state index contributed by atoms with van der Waals surface area (Å²) in [5.41, 5.74) is -2.07. The van der Waals surface area contributed by atoms with Gasteiger partial charge < -0.3 is 0 Å². The molecule has 0 fully saturated rings. The van der Waals surface area contributed by atoms with Gasteiger partial charge in [-0.1, -0.05) is 23.2 Å². The molecule has 1 N–H and O–H groups in total. The summed E-state index contributed by atoms with van der Waals surface area (Å²) in [6.07, 6.45) is 0. The lowest BCUT2D eigenvalue weighted by atomic mass is 10.1. The van der Waals surface area contributed by atoms with Crippen molar-refractivity contribution in [3.63, 3.8) is 0 Å². The van der Waals surface area contributed by atoms with Gasteiger partial charge in [0.25, 0.3) is 23.2 Å². The molecule has 0 aliphatic rings. The van der Waals surface area contributed by atoms with Crippen LogP contribution in [0.4, 0.5) is 11.4 Å². The highest BCUT2D eigenvalue weighted by atomic mass is 35.5. The first-order valence-electron chi connectivity index (χ1n) is 6.44. The lowest BCUT2D eigenvalue weighted by molar-refractivity contribution is -0.385. The average molecular weight is 384 g/mol. The van der Waals surface area contributed by atoms with E-state index in [9.17, 15) is 29.8 Å². The molecule has 2 aromatic carbocycles. The molecular formula is C14H7Cl2N3O6. The Morgan fingerprint density at radius 2 is 1.16 bits per heavy atom. The van der Waals surface area contributed by atoms with E-state index < -0.39 is 44.2 Å². The van der Waals surface area contributed by atoms with Crippen molar-refractivity contribution in [1.29, 1.82) is 0 Å². The molecule has 0 aliphatic heterocycles. The van der Waals surface area contributed by atoms with Gasteiger partial charge in [-0.15, -0.1) is 0 Å². The topological polar surface area (TPSA) is 132 Å². The number of amides is 2. The van der Waals surface area contributed by atoms with Crippen molar-refractivity contribution in [2.45, 2.75) is 0 Å². The maximum Gasteiger partial charge on any atom is 0.282 e. The third-order valence-corrected chi connectivity index (χ3v) is 3.50. The molecule has 128 valence electrons. The van der Waals surface area contributed by atoms with E-state index in [1.54, 1.807) is 0 Å². The molecule has 25 heavy (non-hydrogen) atoms. The third kappa shape index (κ3) is 4.08. The van der Waals surface area contributed by atoms with Gasteiger partial charge in [0.2, 0.25) is 0 Å². The van der Waals surface area contributed by atoms with Gasteiger partial charge >= 0.3 is 0 Å². The van der Waals surface area contributed by atoms with E-state index in [1.165, 1.54) is 12.1 Å². The van der Waals surface area contributed by atoms with Gasteiger partial charge in [0.15, 0.2) is 0 Å². The number of nitro benzene ring substituents is 2. The number of hydrogen-bond acceptors (Lipinski definition) is 6. The molecule has 0 saturated carbocycles. The standard InChI is InChI=1S/C14H7Cl2N3O6/c15-7-1-3-11(18(22)23)9(5-7)13(20)17-14(21)10-6-8(16)2-4-12(10)19(24)25/h1-6H,(H,17,20,21). The highest BCUT2D eigenvalue weighted by molar-refractivity contribution is 6.31. The fourth-order valence-electron chi connectivity index (χ4n) is 1.94. The van der Waals surface area contributed by atoms with Crippen molar-refractivity contribution >= 4 is 46.4 Å². The van der Waals surface area contributed by atoms with Crippen LogP contribution in [0.25, 0.3) is 0 Å². The second-order valence-electron chi connectivity index (χ2n) is 4.62. The SMILES string of the molecule is O=C(NC(=O)c1cc(Cl)ccc1[N+](=O)[O-])c1cc(Cl)ccc1[N+](=O)[O-]. The van der Waals surface area contributed by atoms with E-state index in [0.717, 1.165) is 24.3 Å². The van der Waals surface area contributed by atoms with Crippen molar-refractivity contribution in [3.8, 4) is 0 Å². The normalized spacial score (nSPS) is 10.2. The van der Waals surface area contributed by atoms with Crippen molar-refractivity contribution < 1.29 is 19.4 Å². The molecular weight excluding hydrogens is 377 g/mol. The van der Waals surface area contributed by atoms with Gasteiger partial charge in [-0.3, -0.25) is 35.1 Å². The average Bonchev–Trinajstić information content (AvgIpc) is 2.53. The van der Waals surface area contributed by atoms with Crippen molar-refractivity contribution in [2.75, 3.05) is 0 Å². The number of carbonyl (C=O) groups excluding carboxylic acids is 2. The van der Waals surface area contributed by atoms with Gasteiger partial charge in [-0.05, 0) is 24.3 Å². The second kappa shape index (κ2) is 7.24. The third-order valence-electron chi connectivity index (χ3n) is 3.03. The summed E-state index contributed by atoms with van der Waals surface area (Å²) in [6.45, 7) is 0. The Labute approximate surface area is 149 Å². The maximum absolute atomic E-state index is 12.2. The van der Waals surface area contributed by atoms with E-state index in [-0.39, 0.29) is 10.0 Å². The number of benzene rings is 2. The van der Waals surface area contributed by atoms with E-state index in [1.807, 2.05) is 5.32 Å². The van der Waals surface area contributed by atoms with Gasteiger partial charge in [-0.2, -0.15) is 0 Å². The summed E-state index contributed by atoms with van der Waals surface area (Å²) in [7, 11) is 0. The first kappa shape index (κ1) is 18.3. The van der Waals surface area contributed by atoms with Gasteiger partial charge in [0, 0.05) is 22.2 Å². The van der Waals surface area contributed by atoms with Crippen LogP contribution in [0.5, 0.6) is 0 Å². The summed E-state index contributed by atoms with van der Waals surface area (Å²) in [5.74, 6) is -2.26. The number of rotatable bonds is 4. The fourth-order valence-corrected chi connectivity index (χ4v) is 2.28. The Balaban J connectivity index is 2.38. The highest BCUT2D eigenvalue weighted by Gasteiger charge is 2.26. The number of nitrogens with one attached hydrogen (secondary N) is 1. The Kier molecular flexibility index (Phi) is 5.30. The number of carbonyl (C=O) groups is 2. The Bertz CT molecular complexity index is 842. The molecule has 2 rings (SSSR count). The number of halogens is 2. The van der Waals surface area contributed by atoms with E-state index in [4.69, 9.17) is 23.2 Å². The van der Waals surface area contributed by atoms with Crippen LogP contribution in [0.2, 0.25) is 10.0 Å². The largest absolute Gasteiger partial charge is 0.288 e. The lowest BCUT2D eigenvalue weighted by Gasteiger charge is -2.06. The predicted octanol–water partition coefficient (Wildman–Crippen LogP) is 3.38. The summed E-state index contributed by atoms with van der Waals surface area (Å²) in [6, 6.07) is 6.44. The molecule has 0 atom stereocenters. The summed E-state index contributed by atoms with van der Waals surface area (Å²) in [4.78, 5) is 44.6. The maximum atomic E-state index is 12.2. The van der Waals surface area contributed by atoms with Gasteiger partial charge in [-0.25, -0.2) is 0 Å². The van der Waals surface area contributed by atoms with Crippen molar-refractivity contribution in [3.05, 3.63) is 77.8 Å². The molecule has 0 heterocycles.